The van der Waals surface area contributed by atoms with Crippen LogP contribution in [0.5, 0.6) is 11.8 Å². The topological polar surface area (TPSA) is 157 Å². The molecular formula is C21H28N6O5. The van der Waals surface area contributed by atoms with Crippen molar-refractivity contribution in [2.24, 2.45) is 0 Å². The van der Waals surface area contributed by atoms with E-state index in [0.717, 1.165) is 18.4 Å². The summed E-state index contributed by atoms with van der Waals surface area (Å²) in [6.07, 6.45) is 2.53. The first-order valence-corrected chi connectivity index (χ1v) is 10.5. The number of carboxylic acids is 1. The van der Waals surface area contributed by atoms with E-state index in [1.165, 1.54) is 4.57 Å². The van der Waals surface area contributed by atoms with Gasteiger partial charge in [-0.3, -0.25) is 9.36 Å². The lowest BCUT2D eigenvalue weighted by Crippen LogP contribution is -2.24. The number of nitrogens with zero attached hydrogens (tertiary/aromatic N) is 3. The quantitative estimate of drug-likeness (QED) is 0.286. The number of carbonyl (C=O) groups is 1. The van der Waals surface area contributed by atoms with Crippen LogP contribution in [0.15, 0.2) is 29.1 Å². The number of hydrogen-bond acceptors (Lipinski definition) is 8. The normalized spacial score (nSPS) is 11.0. The third-order valence-electron chi connectivity index (χ3n) is 4.67. The molecule has 0 fully saturated rings. The summed E-state index contributed by atoms with van der Waals surface area (Å²) < 4.78 is 12.7. The van der Waals surface area contributed by atoms with Crippen molar-refractivity contribution in [3.8, 4) is 11.8 Å². The van der Waals surface area contributed by atoms with Gasteiger partial charge in [0.05, 0.1) is 26.3 Å². The Kier molecular flexibility index (Phi) is 8.03. The molecule has 172 valence electrons. The number of fused-ring (bicyclic) bond motifs is 1. The molecule has 1 aromatic carbocycles. The smallest absolute Gasteiger partial charge is 0.328 e. The lowest BCUT2D eigenvalue weighted by Gasteiger charge is -2.09. The number of anilines is 1. The molecule has 5 N–H and O–H groups in total. The van der Waals surface area contributed by atoms with Crippen LogP contribution in [0.1, 0.15) is 31.7 Å². The zero-order valence-corrected chi connectivity index (χ0v) is 18.0. The Balaban J connectivity index is 1.63. The van der Waals surface area contributed by atoms with Crippen molar-refractivity contribution in [2.45, 2.75) is 32.7 Å². The molecule has 11 heteroatoms. The van der Waals surface area contributed by atoms with Crippen LogP contribution < -0.4 is 26.2 Å². The minimum absolute atomic E-state index is 0.0647. The van der Waals surface area contributed by atoms with E-state index in [4.69, 9.17) is 20.3 Å². The summed E-state index contributed by atoms with van der Waals surface area (Å²) in [5.41, 5.74) is 7.31. The number of aromatic nitrogens is 4. The fraction of sp³-hybridized carbons (Fsp3) is 0.429. The van der Waals surface area contributed by atoms with E-state index in [-0.39, 0.29) is 24.1 Å². The first-order chi connectivity index (χ1) is 15.5. The minimum Gasteiger partial charge on any atom is -0.494 e. The molecule has 0 aliphatic heterocycles. The Morgan fingerprint density at radius 3 is 2.66 bits per heavy atom. The van der Waals surface area contributed by atoms with Gasteiger partial charge >= 0.3 is 17.7 Å². The summed E-state index contributed by atoms with van der Waals surface area (Å²) in [6, 6.07) is 7.53. The zero-order valence-electron chi connectivity index (χ0n) is 18.0. The van der Waals surface area contributed by atoms with Gasteiger partial charge in [0.25, 0.3) is 0 Å². The minimum atomic E-state index is -0.884. The first-order valence-electron chi connectivity index (χ1n) is 10.5. The molecule has 2 aromatic heterocycles. The molecule has 0 unspecified atom stereocenters. The van der Waals surface area contributed by atoms with Gasteiger partial charge < -0.3 is 30.6 Å². The highest BCUT2D eigenvalue weighted by molar-refractivity contribution is 5.81. The molecule has 3 rings (SSSR count). The second-order valence-corrected chi connectivity index (χ2v) is 7.22. The standard InChI is InChI=1S/C21H28N6O5/c1-2-3-10-32-20-25-18(22)17-19(26-20)27(21(30)24-17)13-14-5-7-15(8-6-14)31-11-4-9-23-12-16(28)29/h5-8,23H,2-4,9-13H2,1H3,(H,24,30)(H,28,29)(H2,22,25,26). The number of benzene rings is 1. The summed E-state index contributed by atoms with van der Waals surface area (Å²) in [5.74, 6) is -0.0272. The molecule has 0 aliphatic rings. The van der Waals surface area contributed by atoms with Crippen LogP contribution in [0, 0.1) is 0 Å². The lowest BCUT2D eigenvalue weighted by atomic mass is 10.2. The number of hydrogen-bond donors (Lipinski definition) is 4. The maximum Gasteiger partial charge on any atom is 0.328 e. The van der Waals surface area contributed by atoms with Gasteiger partial charge in [-0.1, -0.05) is 25.5 Å². The summed E-state index contributed by atoms with van der Waals surface area (Å²) in [4.78, 5) is 34.1. The molecule has 0 radical (unpaired) electrons. The van der Waals surface area contributed by atoms with Crippen molar-refractivity contribution in [2.75, 3.05) is 32.0 Å². The predicted octanol–water partition coefficient (Wildman–Crippen LogP) is 1.37. The molecule has 0 atom stereocenters. The summed E-state index contributed by atoms with van der Waals surface area (Å²) in [7, 11) is 0. The maximum absolute atomic E-state index is 12.5. The number of nitrogens with one attached hydrogen (secondary N) is 2. The largest absolute Gasteiger partial charge is 0.494 e. The predicted molar refractivity (Wildman–Crippen MR) is 119 cm³/mol. The summed E-state index contributed by atoms with van der Waals surface area (Å²) in [5, 5.41) is 11.4. The van der Waals surface area contributed by atoms with Gasteiger partial charge in [-0.05, 0) is 37.1 Å². The average molecular weight is 444 g/mol. The highest BCUT2D eigenvalue weighted by atomic mass is 16.5. The van der Waals surface area contributed by atoms with E-state index in [1.54, 1.807) is 0 Å². The van der Waals surface area contributed by atoms with Crippen LogP contribution in [0.4, 0.5) is 5.82 Å². The summed E-state index contributed by atoms with van der Waals surface area (Å²) >= 11 is 0. The SMILES string of the molecule is CCCCOc1nc(N)c2[nH]c(=O)n(Cc3ccc(OCCCNCC(=O)O)cc3)c2n1. The molecular weight excluding hydrogens is 416 g/mol. The van der Waals surface area contributed by atoms with Crippen molar-refractivity contribution in [1.82, 2.24) is 24.8 Å². The van der Waals surface area contributed by atoms with Gasteiger partial charge in [0.15, 0.2) is 11.5 Å². The van der Waals surface area contributed by atoms with Gasteiger partial charge in [-0.2, -0.15) is 9.97 Å². The van der Waals surface area contributed by atoms with Crippen LogP contribution in [0.3, 0.4) is 0 Å². The maximum atomic E-state index is 12.5. The number of imidazole rings is 1. The summed E-state index contributed by atoms with van der Waals surface area (Å²) in [6.45, 7) is 3.79. The molecule has 0 bridgehead atoms. The van der Waals surface area contributed by atoms with Crippen LogP contribution >= 0.6 is 0 Å². The Morgan fingerprint density at radius 2 is 1.94 bits per heavy atom. The van der Waals surface area contributed by atoms with E-state index in [2.05, 4.69) is 27.2 Å². The monoisotopic (exact) mass is 444 g/mol. The highest BCUT2D eigenvalue weighted by Gasteiger charge is 2.15. The fourth-order valence-electron chi connectivity index (χ4n) is 3.01. The van der Waals surface area contributed by atoms with Crippen LogP contribution in [-0.4, -0.2) is 56.9 Å². The molecule has 32 heavy (non-hydrogen) atoms. The third-order valence-corrected chi connectivity index (χ3v) is 4.67. The van der Waals surface area contributed by atoms with Crippen molar-refractivity contribution in [3.63, 3.8) is 0 Å². The molecule has 0 spiro atoms. The second kappa shape index (κ2) is 11.1. The number of ether oxygens (including phenoxy) is 2. The Morgan fingerprint density at radius 1 is 1.19 bits per heavy atom. The second-order valence-electron chi connectivity index (χ2n) is 7.22. The van der Waals surface area contributed by atoms with Crippen molar-refractivity contribution in [3.05, 3.63) is 40.3 Å². The number of H-pyrrole nitrogens is 1. The van der Waals surface area contributed by atoms with E-state index in [9.17, 15) is 9.59 Å². The number of aromatic amines is 1. The van der Waals surface area contributed by atoms with Crippen LogP contribution in [0.25, 0.3) is 11.2 Å². The van der Waals surface area contributed by atoms with Gasteiger partial charge in [-0.15, -0.1) is 0 Å². The number of aliphatic carboxylic acids is 1. The van der Waals surface area contributed by atoms with Crippen LogP contribution in [0.2, 0.25) is 0 Å². The molecule has 0 amide bonds. The highest BCUT2D eigenvalue weighted by Crippen LogP contribution is 2.19. The molecule has 0 aliphatic carbocycles. The Labute approximate surface area is 184 Å². The average Bonchev–Trinajstić information content (AvgIpc) is 3.08. The van der Waals surface area contributed by atoms with E-state index in [1.807, 2.05) is 24.3 Å². The van der Waals surface area contributed by atoms with E-state index < -0.39 is 5.97 Å². The van der Waals surface area contributed by atoms with Crippen molar-refractivity contribution >= 4 is 23.0 Å². The van der Waals surface area contributed by atoms with Crippen LogP contribution in [-0.2, 0) is 11.3 Å². The molecule has 2 heterocycles. The number of rotatable bonds is 13. The van der Waals surface area contributed by atoms with Gasteiger partial charge in [0, 0.05) is 0 Å². The van der Waals surface area contributed by atoms with Gasteiger partial charge in [-0.25, -0.2) is 4.79 Å². The number of nitrogen functional groups attached to an aromatic ring is 1. The van der Waals surface area contributed by atoms with Crippen molar-refractivity contribution in [1.29, 1.82) is 0 Å². The first kappa shape index (κ1) is 23.1. The fourth-order valence-corrected chi connectivity index (χ4v) is 3.01. The zero-order chi connectivity index (χ0) is 22.9. The third kappa shape index (κ3) is 6.20. The number of carboxylic acid groups (broad SMARTS) is 1. The van der Waals surface area contributed by atoms with Crippen molar-refractivity contribution < 1.29 is 19.4 Å². The Bertz CT molecular complexity index is 1090. The molecule has 0 saturated carbocycles. The number of nitrogens with two attached hydrogens (primary N) is 1. The van der Waals surface area contributed by atoms with E-state index in [0.29, 0.717) is 49.6 Å². The van der Waals surface area contributed by atoms with E-state index >= 15 is 0 Å². The van der Waals surface area contributed by atoms with Gasteiger partial charge in [0.2, 0.25) is 0 Å². The number of unbranched alkanes of at least 4 members (excludes halogenated alkanes) is 1. The molecule has 3 aromatic rings. The lowest BCUT2D eigenvalue weighted by molar-refractivity contribution is -0.135. The molecule has 0 saturated heterocycles. The van der Waals surface area contributed by atoms with Gasteiger partial charge in [0.1, 0.15) is 11.3 Å². The Hall–Kier alpha value is -3.60. The molecule has 11 nitrogen and oxygen atoms in total.